The number of nitrogens with zero attached hydrogens (tertiary/aromatic N) is 1. The summed E-state index contributed by atoms with van der Waals surface area (Å²) in [5.41, 5.74) is 2.57. The molecule has 2 aromatic rings. The highest BCUT2D eigenvalue weighted by atomic mass is 16.5. The Morgan fingerprint density at radius 1 is 1.22 bits per heavy atom. The molecule has 2 rings (SSSR count). The summed E-state index contributed by atoms with van der Waals surface area (Å²) in [6.07, 6.45) is 4.30. The molecule has 1 heterocycles. The van der Waals surface area contributed by atoms with Gasteiger partial charge in [-0.3, -0.25) is 0 Å². The van der Waals surface area contributed by atoms with Gasteiger partial charge in [-0.25, -0.2) is 0 Å². The number of aromatic nitrogens is 1. The van der Waals surface area contributed by atoms with Crippen molar-refractivity contribution in [3.8, 4) is 5.75 Å². The lowest BCUT2D eigenvalue weighted by atomic mass is 10.2. The molecule has 0 bridgehead atoms. The van der Waals surface area contributed by atoms with Crippen LogP contribution in [0.5, 0.6) is 5.75 Å². The Morgan fingerprint density at radius 2 is 2.11 bits per heavy atom. The van der Waals surface area contributed by atoms with Gasteiger partial charge in [-0.15, -0.1) is 0 Å². The Labute approximate surface area is 108 Å². The molecule has 0 aliphatic carbocycles. The lowest BCUT2D eigenvalue weighted by Crippen LogP contribution is -2.11. The summed E-state index contributed by atoms with van der Waals surface area (Å²) >= 11 is 0. The van der Waals surface area contributed by atoms with Gasteiger partial charge < -0.3 is 14.6 Å². The van der Waals surface area contributed by atoms with Crippen molar-refractivity contribution in [3.05, 3.63) is 53.9 Å². The smallest absolute Gasteiger partial charge is 0.119 e. The molecular formula is C15H20N2O. The van der Waals surface area contributed by atoms with Gasteiger partial charge in [0.15, 0.2) is 0 Å². The van der Waals surface area contributed by atoms with Gasteiger partial charge in [-0.05, 0) is 35.9 Å². The maximum absolute atomic E-state index is 5.23. The van der Waals surface area contributed by atoms with E-state index in [9.17, 15) is 0 Å². The van der Waals surface area contributed by atoms with Crippen LogP contribution in [0, 0.1) is 0 Å². The van der Waals surface area contributed by atoms with Crippen molar-refractivity contribution in [2.75, 3.05) is 13.7 Å². The quantitative estimate of drug-likeness (QED) is 0.845. The van der Waals surface area contributed by atoms with Gasteiger partial charge in [-0.2, -0.15) is 0 Å². The number of methoxy groups -OCH3 is 1. The summed E-state index contributed by atoms with van der Waals surface area (Å²) in [5, 5.41) is 3.33. The molecule has 3 heteroatoms. The summed E-state index contributed by atoms with van der Waals surface area (Å²) in [6.45, 7) is 4.93. The topological polar surface area (TPSA) is 26.2 Å². The van der Waals surface area contributed by atoms with Crippen LogP contribution in [0.4, 0.5) is 0 Å². The lowest BCUT2D eigenvalue weighted by molar-refractivity contribution is 0.414. The molecule has 18 heavy (non-hydrogen) atoms. The van der Waals surface area contributed by atoms with Crippen molar-refractivity contribution >= 4 is 0 Å². The molecule has 1 N–H and O–H groups in total. The molecule has 1 aromatic carbocycles. The monoisotopic (exact) mass is 244 g/mol. The van der Waals surface area contributed by atoms with Gasteiger partial charge in [0.25, 0.3) is 0 Å². The molecule has 0 aliphatic heterocycles. The van der Waals surface area contributed by atoms with Crippen LogP contribution in [-0.2, 0) is 13.1 Å². The number of ether oxygens (including phenoxy) is 1. The second kappa shape index (κ2) is 6.26. The van der Waals surface area contributed by atoms with E-state index in [0.717, 1.165) is 25.4 Å². The Balaban J connectivity index is 2.01. The largest absolute Gasteiger partial charge is 0.497 e. The van der Waals surface area contributed by atoms with E-state index in [2.05, 4.69) is 47.4 Å². The van der Waals surface area contributed by atoms with Crippen LogP contribution < -0.4 is 10.1 Å². The normalized spacial score (nSPS) is 10.6. The summed E-state index contributed by atoms with van der Waals surface area (Å²) in [5.74, 6) is 0.910. The second-order valence-corrected chi connectivity index (χ2v) is 4.32. The van der Waals surface area contributed by atoms with E-state index in [0.29, 0.717) is 0 Å². The summed E-state index contributed by atoms with van der Waals surface area (Å²) in [7, 11) is 1.70. The minimum Gasteiger partial charge on any atom is -0.497 e. The van der Waals surface area contributed by atoms with Crippen LogP contribution in [0.1, 0.15) is 18.1 Å². The third-order valence-electron chi connectivity index (χ3n) is 2.89. The van der Waals surface area contributed by atoms with Crippen LogP contribution in [-0.4, -0.2) is 18.2 Å². The van der Waals surface area contributed by atoms with E-state index < -0.39 is 0 Å². The van der Waals surface area contributed by atoms with Crippen LogP contribution >= 0.6 is 0 Å². The van der Waals surface area contributed by atoms with Crippen molar-refractivity contribution in [1.29, 1.82) is 0 Å². The van der Waals surface area contributed by atoms with E-state index >= 15 is 0 Å². The average Bonchev–Trinajstić information content (AvgIpc) is 2.84. The highest BCUT2D eigenvalue weighted by molar-refractivity contribution is 5.28. The molecule has 96 valence electrons. The number of benzene rings is 1. The molecule has 0 fully saturated rings. The SMILES string of the molecule is CCNCc1ccn(Cc2cccc(OC)c2)c1. The van der Waals surface area contributed by atoms with Gasteiger partial charge in [0.1, 0.15) is 5.75 Å². The fraction of sp³-hybridized carbons (Fsp3) is 0.333. The van der Waals surface area contributed by atoms with Crippen LogP contribution in [0.3, 0.4) is 0 Å². The van der Waals surface area contributed by atoms with E-state index in [1.807, 2.05) is 12.1 Å². The Hall–Kier alpha value is -1.74. The zero-order valence-corrected chi connectivity index (χ0v) is 11.0. The average molecular weight is 244 g/mol. The van der Waals surface area contributed by atoms with E-state index in [4.69, 9.17) is 4.74 Å². The fourth-order valence-electron chi connectivity index (χ4n) is 1.94. The van der Waals surface area contributed by atoms with Gasteiger partial charge in [0.2, 0.25) is 0 Å². The zero-order chi connectivity index (χ0) is 12.8. The van der Waals surface area contributed by atoms with E-state index in [1.54, 1.807) is 7.11 Å². The van der Waals surface area contributed by atoms with Crippen molar-refractivity contribution in [2.24, 2.45) is 0 Å². The molecule has 0 amide bonds. The van der Waals surface area contributed by atoms with Crippen LogP contribution in [0.2, 0.25) is 0 Å². The molecule has 0 aliphatic rings. The first-order valence-electron chi connectivity index (χ1n) is 6.30. The van der Waals surface area contributed by atoms with Crippen LogP contribution in [0.25, 0.3) is 0 Å². The predicted molar refractivity (Wildman–Crippen MR) is 73.9 cm³/mol. The lowest BCUT2D eigenvalue weighted by Gasteiger charge is -2.05. The molecule has 0 unspecified atom stereocenters. The molecule has 1 aromatic heterocycles. The minimum atomic E-state index is 0.878. The molecule has 0 spiro atoms. The second-order valence-electron chi connectivity index (χ2n) is 4.32. The van der Waals surface area contributed by atoms with E-state index in [-0.39, 0.29) is 0 Å². The van der Waals surface area contributed by atoms with Crippen molar-refractivity contribution in [2.45, 2.75) is 20.0 Å². The maximum Gasteiger partial charge on any atom is 0.119 e. The first-order chi connectivity index (χ1) is 8.81. The third-order valence-corrected chi connectivity index (χ3v) is 2.89. The van der Waals surface area contributed by atoms with Crippen molar-refractivity contribution in [1.82, 2.24) is 9.88 Å². The molecule has 0 saturated carbocycles. The van der Waals surface area contributed by atoms with Crippen molar-refractivity contribution < 1.29 is 4.74 Å². The van der Waals surface area contributed by atoms with Gasteiger partial charge >= 0.3 is 0 Å². The summed E-state index contributed by atoms with van der Waals surface area (Å²) < 4.78 is 7.43. The molecule has 0 radical (unpaired) electrons. The molecule has 0 atom stereocenters. The Bertz CT molecular complexity index is 491. The zero-order valence-electron chi connectivity index (χ0n) is 11.0. The fourth-order valence-corrected chi connectivity index (χ4v) is 1.94. The highest BCUT2D eigenvalue weighted by Crippen LogP contribution is 2.14. The minimum absolute atomic E-state index is 0.878. The number of hydrogen-bond acceptors (Lipinski definition) is 2. The molecule has 0 saturated heterocycles. The summed E-state index contributed by atoms with van der Waals surface area (Å²) in [6, 6.07) is 10.3. The van der Waals surface area contributed by atoms with E-state index in [1.165, 1.54) is 11.1 Å². The van der Waals surface area contributed by atoms with Gasteiger partial charge in [0.05, 0.1) is 7.11 Å². The standard InChI is InChI=1S/C15H20N2O/c1-3-16-10-14-7-8-17(12-14)11-13-5-4-6-15(9-13)18-2/h4-9,12,16H,3,10-11H2,1-2H3. The number of nitrogens with one attached hydrogen (secondary N) is 1. The number of hydrogen-bond donors (Lipinski definition) is 1. The van der Waals surface area contributed by atoms with Crippen molar-refractivity contribution in [3.63, 3.8) is 0 Å². The van der Waals surface area contributed by atoms with Gasteiger partial charge in [0, 0.05) is 25.5 Å². The predicted octanol–water partition coefficient (Wildman–Crippen LogP) is 2.65. The molecular weight excluding hydrogens is 224 g/mol. The first-order valence-corrected chi connectivity index (χ1v) is 6.30. The van der Waals surface area contributed by atoms with Crippen LogP contribution in [0.15, 0.2) is 42.7 Å². The highest BCUT2D eigenvalue weighted by Gasteiger charge is 1.99. The Morgan fingerprint density at radius 3 is 2.89 bits per heavy atom. The maximum atomic E-state index is 5.23. The molecule has 3 nitrogen and oxygen atoms in total. The summed E-state index contributed by atoms with van der Waals surface area (Å²) in [4.78, 5) is 0. The van der Waals surface area contributed by atoms with Gasteiger partial charge in [-0.1, -0.05) is 19.1 Å². The Kier molecular flexibility index (Phi) is 4.42. The number of rotatable bonds is 6. The first kappa shape index (κ1) is 12.7. The third kappa shape index (κ3) is 3.37.